The predicted molar refractivity (Wildman–Crippen MR) is 96.6 cm³/mol. The fourth-order valence-electron chi connectivity index (χ4n) is 2.75. The van der Waals surface area contributed by atoms with Gasteiger partial charge in [0.2, 0.25) is 0 Å². The molecule has 2 unspecified atom stereocenters. The maximum absolute atomic E-state index is 12.1. The van der Waals surface area contributed by atoms with E-state index in [2.05, 4.69) is 15.6 Å². The minimum Gasteiger partial charge on any atom is -0.495 e. The number of pyridine rings is 1. The summed E-state index contributed by atoms with van der Waals surface area (Å²) >= 11 is 0. The Bertz CT molecular complexity index is 713. The van der Waals surface area contributed by atoms with Gasteiger partial charge in [-0.2, -0.15) is 0 Å². The highest BCUT2D eigenvalue weighted by Crippen LogP contribution is 2.23. The molecule has 25 heavy (non-hydrogen) atoms. The molecular weight excluding hydrogens is 318 g/mol. The Balaban J connectivity index is 1.91. The summed E-state index contributed by atoms with van der Waals surface area (Å²) in [4.78, 5) is 16.1. The number of carbonyl (C=O) groups is 1. The Kier molecular flexibility index (Phi) is 6.36. The number of aromatic nitrogens is 1. The van der Waals surface area contributed by atoms with Gasteiger partial charge in [0.15, 0.2) is 0 Å². The lowest BCUT2D eigenvalue weighted by molar-refractivity contribution is 0.172. The first-order valence-electron chi connectivity index (χ1n) is 8.19. The van der Waals surface area contributed by atoms with Gasteiger partial charge in [-0.15, -0.1) is 0 Å². The van der Waals surface area contributed by atoms with E-state index in [1.807, 2.05) is 39.0 Å². The molecule has 2 rings (SSSR count). The van der Waals surface area contributed by atoms with E-state index in [4.69, 9.17) is 4.74 Å². The molecule has 0 saturated carbocycles. The van der Waals surface area contributed by atoms with Gasteiger partial charge in [-0.3, -0.25) is 4.98 Å². The van der Waals surface area contributed by atoms with Gasteiger partial charge in [0.25, 0.3) is 0 Å². The Morgan fingerprint density at radius 2 is 1.96 bits per heavy atom. The van der Waals surface area contributed by atoms with E-state index >= 15 is 0 Å². The molecule has 1 aromatic heterocycles. The molecule has 0 aliphatic carbocycles. The highest BCUT2D eigenvalue weighted by atomic mass is 16.5. The lowest BCUT2D eigenvalue weighted by Crippen LogP contribution is -2.39. The van der Waals surface area contributed by atoms with Gasteiger partial charge in [-0.05, 0) is 32.4 Å². The van der Waals surface area contributed by atoms with Crippen molar-refractivity contribution < 1.29 is 14.6 Å². The van der Waals surface area contributed by atoms with Gasteiger partial charge >= 0.3 is 6.03 Å². The molecule has 6 heteroatoms. The molecule has 3 N–H and O–H groups in total. The van der Waals surface area contributed by atoms with E-state index in [0.717, 1.165) is 22.3 Å². The second-order valence-electron chi connectivity index (χ2n) is 6.13. The summed E-state index contributed by atoms with van der Waals surface area (Å²) in [5.41, 5.74) is 3.79. The summed E-state index contributed by atoms with van der Waals surface area (Å²) in [7, 11) is 1.56. The van der Waals surface area contributed by atoms with Crippen molar-refractivity contribution in [2.75, 3.05) is 13.7 Å². The summed E-state index contributed by atoms with van der Waals surface area (Å²) in [5, 5.41) is 15.8. The van der Waals surface area contributed by atoms with E-state index in [9.17, 15) is 9.90 Å². The normalized spacial score (nSPS) is 13.0. The highest BCUT2D eigenvalue weighted by molar-refractivity contribution is 5.74. The van der Waals surface area contributed by atoms with Crippen LogP contribution in [0.3, 0.4) is 0 Å². The number of amides is 2. The zero-order valence-electron chi connectivity index (χ0n) is 15.0. The number of urea groups is 1. The van der Waals surface area contributed by atoms with Gasteiger partial charge < -0.3 is 20.5 Å². The van der Waals surface area contributed by atoms with Crippen LogP contribution < -0.4 is 15.4 Å². The number of aliphatic hydroxyl groups excluding tert-OH is 1. The summed E-state index contributed by atoms with van der Waals surface area (Å²) < 4.78 is 5.25. The van der Waals surface area contributed by atoms with Crippen molar-refractivity contribution in [3.05, 3.63) is 58.9 Å². The largest absolute Gasteiger partial charge is 0.495 e. The fourth-order valence-corrected chi connectivity index (χ4v) is 2.75. The molecule has 0 aliphatic heterocycles. The number of nitrogens with one attached hydrogen (secondary N) is 2. The van der Waals surface area contributed by atoms with Crippen molar-refractivity contribution in [3.8, 4) is 5.75 Å². The molecule has 0 fully saturated rings. The minimum atomic E-state index is -0.755. The van der Waals surface area contributed by atoms with Crippen LogP contribution in [0.2, 0.25) is 0 Å². The number of nitrogens with zero attached hydrogens (tertiary/aromatic N) is 1. The quantitative estimate of drug-likeness (QED) is 0.753. The highest BCUT2D eigenvalue weighted by Gasteiger charge is 2.15. The third kappa shape index (κ3) is 5.19. The van der Waals surface area contributed by atoms with Gasteiger partial charge in [0.05, 0.1) is 25.5 Å². The van der Waals surface area contributed by atoms with E-state index < -0.39 is 6.10 Å². The molecule has 2 aromatic rings. The number of hydrogen-bond donors (Lipinski definition) is 3. The molecule has 0 radical (unpaired) electrons. The molecular formula is C19H25N3O3. The van der Waals surface area contributed by atoms with Gasteiger partial charge in [-0.1, -0.05) is 29.3 Å². The number of carbonyl (C=O) groups excluding carboxylic acids is 1. The van der Waals surface area contributed by atoms with E-state index in [-0.39, 0.29) is 18.6 Å². The number of ether oxygens (including phenoxy) is 1. The number of aryl methyl sites for hydroxylation is 2. The van der Waals surface area contributed by atoms with E-state index in [1.165, 1.54) is 0 Å². The average molecular weight is 343 g/mol. The van der Waals surface area contributed by atoms with Crippen molar-refractivity contribution >= 4 is 6.03 Å². The topological polar surface area (TPSA) is 83.5 Å². The number of rotatable bonds is 6. The number of hydrogen-bond acceptors (Lipinski definition) is 4. The SMILES string of the molecule is COc1cnccc1C(C)NC(=O)NCC(O)c1cc(C)cc(C)c1. The number of methoxy groups -OCH3 is 1. The molecule has 2 atom stereocenters. The summed E-state index contributed by atoms with van der Waals surface area (Å²) in [6.45, 7) is 5.95. The van der Waals surface area contributed by atoms with Crippen LogP contribution in [0.15, 0.2) is 36.7 Å². The maximum atomic E-state index is 12.1. The number of aliphatic hydroxyl groups is 1. The maximum Gasteiger partial charge on any atom is 0.315 e. The molecule has 2 amide bonds. The fraction of sp³-hybridized carbons (Fsp3) is 0.368. The van der Waals surface area contributed by atoms with Crippen LogP contribution in [0.1, 0.15) is 41.3 Å². The molecule has 0 spiro atoms. The first kappa shape index (κ1) is 18.7. The van der Waals surface area contributed by atoms with Crippen molar-refractivity contribution in [3.63, 3.8) is 0 Å². The lowest BCUT2D eigenvalue weighted by Gasteiger charge is -2.18. The van der Waals surface area contributed by atoms with Gasteiger partial charge in [0, 0.05) is 18.3 Å². The van der Waals surface area contributed by atoms with E-state index in [1.54, 1.807) is 25.6 Å². The first-order valence-corrected chi connectivity index (χ1v) is 8.19. The van der Waals surface area contributed by atoms with Gasteiger partial charge in [0.1, 0.15) is 5.75 Å². The predicted octanol–water partition coefficient (Wildman–Crippen LogP) is 2.80. The third-order valence-electron chi connectivity index (χ3n) is 3.94. The third-order valence-corrected chi connectivity index (χ3v) is 3.94. The van der Waals surface area contributed by atoms with Crippen LogP contribution in [0, 0.1) is 13.8 Å². The van der Waals surface area contributed by atoms with Crippen molar-refractivity contribution in [2.45, 2.75) is 32.9 Å². The van der Waals surface area contributed by atoms with Crippen LogP contribution in [-0.4, -0.2) is 29.8 Å². The molecule has 1 heterocycles. The standard InChI is InChI=1S/C19H25N3O3/c1-12-7-13(2)9-15(8-12)17(23)10-21-19(24)22-14(3)16-5-6-20-11-18(16)25-4/h5-9,11,14,17,23H,10H2,1-4H3,(H2,21,22,24). The van der Waals surface area contributed by atoms with Crippen LogP contribution >= 0.6 is 0 Å². The second-order valence-corrected chi connectivity index (χ2v) is 6.13. The molecule has 6 nitrogen and oxygen atoms in total. The average Bonchev–Trinajstić information content (AvgIpc) is 2.58. The molecule has 0 bridgehead atoms. The second kappa shape index (κ2) is 8.48. The number of benzene rings is 1. The Morgan fingerprint density at radius 1 is 1.28 bits per heavy atom. The van der Waals surface area contributed by atoms with Crippen molar-refractivity contribution in [1.82, 2.24) is 15.6 Å². The van der Waals surface area contributed by atoms with Crippen LogP contribution in [-0.2, 0) is 0 Å². The molecule has 1 aromatic carbocycles. The zero-order valence-corrected chi connectivity index (χ0v) is 15.0. The Labute approximate surface area is 148 Å². The molecule has 0 saturated heterocycles. The first-order chi connectivity index (χ1) is 11.9. The smallest absolute Gasteiger partial charge is 0.315 e. The summed E-state index contributed by atoms with van der Waals surface area (Å²) in [5.74, 6) is 0.616. The Hall–Kier alpha value is -2.60. The van der Waals surface area contributed by atoms with E-state index in [0.29, 0.717) is 5.75 Å². The lowest BCUT2D eigenvalue weighted by atomic mass is 10.0. The van der Waals surface area contributed by atoms with Crippen LogP contribution in [0.4, 0.5) is 4.79 Å². The minimum absolute atomic E-state index is 0.134. The van der Waals surface area contributed by atoms with Crippen LogP contribution in [0.5, 0.6) is 5.75 Å². The molecule has 134 valence electrons. The summed E-state index contributed by atoms with van der Waals surface area (Å²) in [6, 6.07) is 7.07. The van der Waals surface area contributed by atoms with Crippen molar-refractivity contribution in [1.29, 1.82) is 0 Å². The monoisotopic (exact) mass is 343 g/mol. The van der Waals surface area contributed by atoms with Crippen molar-refractivity contribution in [2.24, 2.45) is 0 Å². The van der Waals surface area contributed by atoms with Gasteiger partial charge in [-0.25, -0.2) is 4.79 Å². The summed E-state index contributed by atoms with van der Waals surface area (Å²) in [6.07, 6.45) is 2.50. The zero-order chi connectivity index (χ0) is 18.4. The van der Waals surface area contributed by atoms with Crippen LogP contribution in [0.25, 0.3) is 0 Å². The molecule has 0 aliphatic rings. The Morgan fingerprint density at radius 3 is 2.60 bits per heavy atom.